The van der Waals surface area contributed by atoms with Gasteiger partial charge in [0.2, 0.25) is 15.9 Å². The van der Waals surface area contributed by atoms with Crippen LogP contribution in [-0.2, 0) is 26.0 Å². The third-order valence-corrected chi connectivity index (χ3v) is 7.90. The van der Waals surface area contributed by atoms with E-state index in [1.807, 2.05) is 0 Å². The maximum absolute atomic E-state index is 13.3. The Balaban J connectivity index is 1.45. The summed E-state index contributed by atoms with van der Waals surface area (Å²) in [6.07, 6.45) is 0.983. The number of amides is 1. The van der Waals surface area contributed by atoms with Gasteiger partial charge in [-0.3, -0.25) is 4.79 Å². The van der Waals surface area contributed by atoms with Gasteiger partial charge in [0.1, 0.15) is 17.3 Å². The molecule has 2 heterocycles. The fourth-order valence-electron chi connectivity index (χ4n) is 4.20. The zero-order valence-corrected chi connectivity index (χ0v) is 18.1. The molecule has 2 aliphatic rings. The van der Waals surface area contributed by atoms with E-state index in [0.29, 0.717) is 38.3 Å². The Hall–Kier alpha value is -2.49. The van der Waals surface area contributed by atoms with Gasteiger partial charge in [0.25, 0.3) is 0 Å². The molecule has 2 aromatic carbocycles. The minimum absolute atomic E-state index is 0.0657. The van der Waals surface area contributed by atoms with Gasteiger partial charge in [-0.2, -0.15) is 4.31 Å². The van der Waals surface area contributed by atoms with Crippen molar-refractivity contribution in [3.8, 4) is 5.75 Å². The number of halogens is 1. The Morgan fingerprint density at radius 1 is 1.06 bits per heavy atom. The zero-order chi connectivity index (χ0) is 22.1. The number of benzene rings is 2. The van der Waals surface area contributed by atoms with E-state index in [-0.39, 0.29) is 29.6 Å². The minimum Gasteiger partial charge on any atom is -0.497 e. The summed E-state index contributed by atoms with van der Waals surface area (Å²) in [6.45, 7) is 1.39. The molecule has 0 saturated carbocycles. The molecule has 31 heavy (non-hydrogen) atoms. The minimum atomic E-state index is -3.75. The quantitative estimate of drug-likeness (QED) is 0.702. The molecular formula is C22H25FN2O5S. The van der Waals surface area contributed by atoms with Crippen LogP contribution < -0.4 is 4.74 Å². The highest BCUT2D eigenvalue weighted by atomic mass is 32.2. The fourth-order valence-corrected chi connectivity index (χ4v) is 5.92. The van der Waals surface area contributed by atoms with E-state index in [0.717, 1.165) is 5.56 Å². The average molecular weight is 449 g/mol. The number of methoxy groups -OCH3 is 1. The van der Waals surface area contributed by atoms with Crippen LogP contribution in [0, 0.1) is 5.82 Å². The van der Waals surface area contributed by atoms with Gasteiger partial charge in [-0.1, -0.05) is 12.1 Å². The van der Waals surface area contributed by atoms with Gasteiger partial charge in [0, 0.05) is 32.5 Å². The Morgan fingerprint density at radius 2 is 1.71 bits per heavy atom. The maximum atomic E-state index is 13.3. The number of ether oxygens (including phenoxy) is 2. The first-order valence-electron chi connectivity index (χ1n) is 10.2. The third kappa shape index (κ3) is 4.30. The van der Waals surface area contributed by atoms with Crippen LogP contribution >= 0.6 is 0 Å². The Labute approximate surface area is 181 Å². The van der Waals surface area contributed by atoms with Gasteiger partial charge >= 0.3 is 0 Å². The number of sulfonamides is 1. The Bertz CT molecular complexity index is 1030. The van der Waals surface area contributed by atoms with Crippen LogP contribution in [0.25, 0.3) is 0 Å². The predicted molar refractivity (Wildman–Crippen MR) is 111 cm³/mol. The van der Waals surface area contributed by atoms with Crippen LogP contribution in [0.5, 0.6) is 5.75 Å². The van der Waals surface area contributed by atoms with Gasteiger partial charge in [-0.05, 0) is 42.0 Å². The zero-order valence-electron chi connectivity index (χ0n) is 17.3. The first-order valence-corrected chi connectivity index (χ1v) is 11.6. The summed E-state index contributed by atoms with van der Waals surface area (Å²) in [7, 11) is -2.22. The Morgan fingerprint density at radius 3 is 2.32 bits per heavy atom. The van der Waals surface area contributed by atoms with E-state index in [9.17, 15) is 17.6 Å². The molecule has 2 saturated heterocycles. The van der Waals surface area contributed by atoms with Crippen molar-refractivity contribution < 1.29 is 27.1 Å². The lowest BCUT2D eigenvalue weighted by atomic mass is 10.00. The van der Waals surface area contributed by atoms with Gasteiger partial charge in [0.15, 0.2) is 0 Å². The summed E-state index contributed by atoms with van der Waals surface area (Å²) in [6, 6.07) is 12.2. The molecule has 2 fully saturated rings. The number of likely N-dealkylation sites (tertiary alicyclic amines) is 1. The summed E-state index contributed by atoms with van der Waals surface area (Å²) in [5, 5.41) is 0. The highest BCUT2D eigenvalue weighted by molar-refractivity contribution is 7.89. The molecule has 7 nitrogen and oxygen atoms in total. The molecule has 1 spiro atoms. The number of hydrogen-bond donors (Lipinski definition) is 0. The van der Waals surface area contributed by atoms with Crippen LogP contribution in [-0.4, -0.2) is 62.6 Å². The molecule has 0 aliphatic carbocycles. The molecule has 0 bridgehead atoms. The van der Waals surface area contributed by atoms with E-state index in [1.54, 1.807) is 29.2 Å². The number of hydrogen-bond acceptors (Lipinski definition) is 5. The van der Waals surface area contributed by atoms with Crippen molar-refractivity contribution in [2.45, 2.75) is 29.9 Å². The van der Waals surface area contributed by atoms with E-state index in [1.165, 1.54) is 35.7 Å². The summed E-state index contributed by atoms with van der Waals surface area (Å²) >= 11 is 0. The SMILES string of the molecule is COc1ccc(S(=O)(=O)N2CCOC23CCN(C(=O)Cc2ccc(F)cc2)CC3)cc1. The lowest BCUT2D eigenvalue weighted by molar-refractivity contribution is -0.139. The van der Waals surface area contributed by atoms with Crippen molar-refractivity contribution in [1.82, 2.24) is 9.21 Å². The average Bonchev–Trinajstić information content (AvgIpc) is 3.19. The standard InChI is InChI=1S/C22H25FN2O5S/c1-29-19-6-8-20(9-7-19)31(27,28)25-14-15-30-22(25)10-12-24(13-11-22)21(26)16-17-2-4-18(23)5-3-17/h2-9H,10-16H2,1H3. The smallest absolute Gasteiger partial charge is 0.245 e. The second kappa shape index (κ2) is 8.57. The van der Waals surface area contributed by atoms with Crippen molar-refractivity contribution in [2.75, 3.05) is 33.4 Å². The first kappa shape index (κ1) is 21.7. The number of carbonyl (C=O) groups excluding carboxylic acids is 1. The highest BCUT2D eigenvalue weighted by Gasteiger charge is 2.50. The molecule has 0 unspecified atom stereocenters. The molecule has 0 N–H and O–H groups in total. The van der Waals surface area contributed by atoms with Crippen LogP contribution in [0.15, 0.2) is 53.4 Å². The van der Waals surface area contributed by atoms with Crippen LogP contribution in [0.2, 0.25) is 0 Å². The van der Waals surface area contributed by atoms with Crippen molar-refractivity contribution in [2.24, 2.45) is 0 Å². The van der Waals surface area contributed by atoms with Gasteiger partial charge < -0.3 is 14.4 Å². The van der Waals surface area contributed by atoms with Crippen molar-refractivity contribution in [3.05, 3.63) is 59.9 Å². The predicted octanol–water partition coefficient (Wildman–Crippen LogP) is 2.42. The molecule has 1 amide bonds. The lowest BCUT2D eigenvalue weighted by Crippen LogP contribution is -2.55. The Kier molecular flexibility index (Phi) is 6.00. The number of rotatable bonds is 5. The molecule has 2 aliphatic heterocycles. The van der Waals surface area contributed by atoms with Crippen LogP contribution in [0.4, 0.5) is 4.39 Å². The van der Waals surface area contributed by atoms with Crippen LogP contribution in [0.3, 0.4) is 0 Å². The monoisotopic (exact) mass is 448 g/mol. The molecular weight excluding hydrogens is 423 g/mol. The second-order valence-electron chi connectivity index (χ2n) is 7.73. The highest BCUT2D eigenvalue weighted by Crippen LogP contribution is 2.38. The number of piperidine rings is 1. The maximum Gasteiger partial charge on any atom is 0.245 e. The fraction of sp³-hybridized carbons (Fsp3) is 0.409. The van der Waals surface area contributed by atoms with Crippen molar-refractivity contribution in [1.29, 1.82) is 0 Å². The molecule has 2 aromatic rings. The largest absolute Gasteiger partial charge is 0.497 e. The molecule has 166 valence electrons. The van der Waals surface area contributed by atoms with Crippen LogP contribution in [0.1, 0.15) is 18.4 Å². The summed E-state index contributed by atoms with van der Waals surface area (Å²) < 4.78 is 52.1. The van der Waals surface area contributed by atoms with E-state index < -0.39 is 15.7 Å². The normalized spacial score (nSPS) is 19.0. The molecule has 0 radical (unpaired) electrons. The van der Waals surface area contributed by atoms with Crippen molar-refractivity contribution in [3.63, 3.8) is 0 Å². The van der Waals surface area contributed by atoms with E-state index in [2.05, 4.69) is 0 Å². The molecule has 9 heteroatoms. The second-order valence-corrected chi connectivity index (χ2v) is 9.59. The first-order chi connectivity index (χ1) is 14.8. The summed E-state index contributed by atoms with van der Waals surface area (Å²) in [5.74, 6) is 0.177. The number of nitrogens with zero attached hydrogens (tertiary/aromatic N) is 2. The van der Waals surface area contributed by atoms with Crippen molar-refractivity contribution >= 4 is 15.9 Å². The topological polar surface area (TPSA) is 76.2 Å². The summed E-state index contributed by atoms with van der Waals surface area (Å²) in [5.41, 5.74) is -0.196. The third-order valence-electron chi connectivity index (χ3n) is 5.93. The lowest BCUT2D eigenvalue weighted by Gasteiger charge is -2.42. The molecule has 4 rings (SSSR count). The molecule has 0 aromatic heterocycles. The van der Waals surface area contributed by atoms with E-state index >= 15 is 0 Å². The van der Waals surface area contributed by atoms with Gasteiger partial charge in [0.05, 0.1) is 25.0 Å². The van der Waals surface area contributed by atoms with E-state index in [4.69, 9.17) is 9.47 Å². The summed E-state index contributed by atoms with van der Waals surface area (Å²) in [4.78, 5) is 14.6. The number of carbonyl (C=O) groups is 1. The van der Waals surface area contributed by atoms with Gasteiger partial charge in [-0.15, -0.1) is 0 Å². The molecule has 0 atom stereocenters. The van der Waals surface area contributed by atoms with Gasteiger partial charge in [-0.25, -0.2) is 12.8 Å².